The first-order chi connectivity index (χ1) is 19.0. The van der Waals surface area contributed by atoms with Crippen molar-refractivity contribution in [2.75, 3.05) is 44.4 Å². The van der Waals surface area contributed by atoms with E-state index in [9.17, 15) is 18.0 Å². The average Bonchev–Trinajstić information content (AvgIpc) is 3.58. The topological polar surface area (TPSA) is 106 Å². The van der Waals surface area contributed by atoms with Crippen LogP contribution in [-0.4, -0.2) is 70.7 Å². The Morgan fingerprint density at radius 1 is 1.27 bits per heavy atom. The van der Waals surface area contributed by atoms with Crippen LogP contribution in [0.15, 0.2) is 18.2 Å². The highest BCUT2D eigenvalue weighted by Crippen LogP contribution is 2.37. The number of nitrogens with one attached hydrogen (secondary N) is 1. The molecule has 13 heteroatoms. The van der Waals surface area contributed by atoms with Gasteiger partial charge in [-0.25, -0.2) is 9.97 Å². The predicted octanol–water partition coefficient (Wildman–Crippen LogP) is 4.41. The number of anilines is 2. The molecule has 1 aromatic heterocycles. The number of methoxy groups -OCH3 is 1. The maximum absolute atomic E-state index is 13.8. The summed E-state index contributed by atoms with van der Waals surface area (Å²) in [7, 11) is 1.57. The Morgan fingerprint density at radius 3 is 2.67 bits per heavy atom. The van der Waals surface area contributed by atoms with E-state index in [0.717, 1.165) is 51.2 Å². The first kappa shape index (κ1) is 28.8. The third kappa shape index (κ3) is 6.00. The number of amides is 1. The quantitative estimate of drug-likeness (QED) is 0.365. The minimum atomic E-state index is -4.53. The SMILES string of the molecule is COC1(C(=O)N2Cc3nc(Cl)nc(N[C@H](C)c4cc(N)cc(C(F)(F)F)c4)c3C2)CCN(CC2CCCO2)CC1. The molecule has 2 fully saturated rings. The van der Waals surface area contributed by atoms with Crippen molar-refractivity contribution in [3.05, 3.63) is 45.9 Å². The highest BCUT2D eigenvalue weighted by Gasteiger charge is 2.46. The van der Waals surface area contributed by atoms with E-state index < -0.39 is 23.4 Å². The second-order valence-electron chi connectivity index (χ2n) is 10.8. The number of aromatic nitrogens is 2. The second-order valence-corrected chi connectivity index (χ2v) is 11.2. The number of piperidine rings is 1. The van der Waals surface area contributed by atoms with Crippen LogP contribution < -0.4 is 11.1 Å². The zero-order valence-electron chi connectivity index (χ0n) is 22.6. The van der Waals surface area contributed by atoms with Crippen molar-refractivity contribution >= 4 is 29.0 Å². The van der Waals surface area contributed by atoms with Crippen molar-refractivity contribution in [2.24, 2.45) is 0 Å². The molecule has 0 radical (unpaired) electrons. The zero-order valence-corrected chi connectivity index (χ0v) is 23.3. The lowest BCUT2D eigenvalue weighted by molar-refractivity contribution is -0.162. The molecule has 4 heterocycles. The number of benzene rings is 1. The Kier molecular flexibility index (Phi) is 8.15. The van der Waals surface area contributed by atoms with Gasteiger partial charge >= 0.3 is 6.18 Å². The van der Waals surface area contributed by atoms with Gasteiger partial charge in [0.05, 0.1) is 36.5 Å². The van der Waals surface area contributed by atoms with Gasteiger partial charge in [0.25, 0.3) is 5.91 Å². The molecule has 5 rings (SSSR count). The third-order valence-corrected chi connectivity index (χ3v) is 8.30. The molecule has 0 aliphatic carbocycles. The Balaban J connectivity index is 1.29. The van der Waals surface area contributed by atoms with E-state index in [0.29, 0.717) is 35.5 Å². The molecule has 0 saturated carbocycles. The summed E-state index contributed by atoms with van der Waals surface area (Å²) in [6.07, 6.45) is -0.993. The molecular weight excluding hydrogens is 549 g/mol. The third-order valence-electron chi connectivity index (χ3n) is 8.13. The summed E-state index contributed by atoms with van der Waals surface area (Å²) in [6, 6.07) is 2.86. The normalized spacial score (nSPS) is 21.9. The van der Waals surface area contributed by atoms with Crippen molar-refractivity contribution in [3.8, 4) is 0 Å². The van der Waals surface area contributed by atoms with Gasteiger partial charge in [0.15, 0.2) is 0 Å². The summed E-state index contributed by atoms with van der Waals surface area (Å²) in [5.74, 6) is 0.247. The minimum Gasteiger partial charge on any atom is -0.399 e. The predicted molar refractivity (Wildman–Crippen MR) is 144 cm³/mol. The molecule has 2 saturated heterocycles. The molecule has 0 spiro atoms. The maximum Gasteiger partial charge on any atom is 0.416 e. The average molecular weight is 583 g/mol. The van der Waals surface area contributed by atoms with Gasteiger partial charge in [-0.1, -0.05) is 0 Å². The lowest BCUT2D eigenvalue weighted by atomic mass is 9.89. The number of rotatable bonds is 7. The Morgan fingerprint density at radius 2 is 2.02 bits per heavy atom. The number of nitrogen functional groups attached to an aromatic ring is 1. The van der Waals surface area contributed by atoms with Crippen molar-refractivity contribution in [2.45, 2.75) is 69.6 Å². The number of likely N-dealkylation sites (tertiary alicyclic amines) is 1. The molecule has 0 bridgehead atoms. The summed E-state index contributed by atoms with van der Waals surface area (Å²) in [5.41, 5.74) is 5.60. The van der Waals surface area contributed by atoms with Gasteiger partial charge in [0.2, 0.25) is 5.28 Å². The lowest BCUT2D eigenvalue weighted by Crippen LogP contribution is -2.55. The molecular formula is C27H34ClF3N6O3. The van der Waals surface area contributed by atoms with E-state index in [1.807, 2.05) is 0 Å². The maximum atomic E-state index is 13.8. The monoisotopic (exact) mass is 582 g/mol. The smallest absolute Gasteiger partial charge is 0.399 e. The molecule has 2 atom stereocenters. The molecule has 9 nitrogen and oxygen atoms in total. The largest absolute Gasteiger partial charge is 0.416 e. The fraction of sp³-hybridized carbons (Fsp3) is 0.593. The van der Waals surface area contributed by atoms with Gasteiger partial charge in [-0.05, 0) is 68.0 Å². The van der Waals surface area contributed by atoms with E-state index >= 15 is 0 Å². The van der Waals surface area contributed by atoms with Crippen LogP contribution in [0, 0.1) is 0 Å². The zero-order chi connectivity index (χ0) is 28.7. The molecule has 3 aliphatic heterocycles. The van der Waals surface area contributed by atoms with Crippen LogP contribution in [0.5, 0.6) is 0 Å². The molecule has 218 valence electrons. The van der Waals surface area contributed by atoms with E-state index in [1.165, 1.54) is 6.07 Å². The van der Waals surface area contributed by atoms with Crippen LogP contribution in [-0.2, 0) is 33.5 Å². The summed E-state index contributed by atoms with van der Waals surface area (Å²) >= 11 is 6.21. The number of nitrogens with zero attached hydrogens (tertiary/aromatic N) is 4. The number of carbonyl (C=O) groups is 1. The molecule has 1 aromatic carbocycles. The summed E-state index contributed by atoms with van der Waals surface area (Å²) in [6.45, 7) is 5.32. The lowest BCUT2D eigenvalue weighted by Gasteiger charge is -2.41. The van der Waals surface area contributed by atoms with Crippen LogP contribution in [0.2, 0.25) is 5.28 Å². The van der Waals surface area contributed by atoms with Gasteiger partial charge in [-0.2, -0.15) is 13.2 Å². The van der Waals surface area contributed by atoms with Gasteiger partial charge in [-0.15, -0.1) is 0 Å². The summed E-state index contributed by atoms with van der Waals surface area (Å²) in [5, 5.41) is 3.14. The molecule has 3 N–H and O–H groups in total. The number of halogens is 4. The fourth-order valence-corrected chi connectivity index (χ4v) is 6.02. The van der Waals surface area contributed by atoms with Crippen molar-refractivity contribution in [1.29, 1.82) is 0 Å². The Bertz CT molecular complexity index is 1250. The number of hydrogen-bond donors (Lipinski definition) is 2. The number of nitrogens with two attached hydrogens (primary N) is 1. The Hall–Kier alpha value is -2.67. The standard InChI is InChI=1S/C27H34ClF3N6O3/c1-16(17-10-18(27(29,30)31)12-19(32)11-17)33-23-21-14-37(15-22(21)34-25(28)35-23)24(38)26(39-2)5-7-36(8-6-26)13-20-4-3-9-40-20/h10-12,16,20H,3-9,13-15,32H2,1-2H3,(H,33,34,35)/t16-,20?/m1/s1. The number of fused-ring (bicyclic) bond motifs is 1. The summed E-state index contributed by atoms with van der Waals surface area (Å²) in [4.78, 5) is 26.5. The first-order valence-corrected chi connectivity index (χ1v) is 13.8. The highest BCUT2D eigenvalue weighted by atomic mass is 35.5. The first-order valence-electron chi connectivity index (χ1n) is 13.5. The number of ether oxygens (including phenoxy) is 2. The van der Waals surface area contributed by atoms with E-state index in [2.05, 4.69) is 20.2 Å². The van der Waals surface area contributed by atoms with Gasteiger partial charge in [-0.3, -0.25) is 4.79 Å². The second kappa shape index (κ2) is 11.3. The van der Waals surface area contributed by atoms with Crippen LogP contribution in [0.4, 0.5) is 24.7 Å². The number of hydrogen-bond acceptors (Lipinski definition) is 8. The van der Waals surface area contributed by atoms with E-state index in [1.54, 1.807) is 18.9 Å². The number of alkyl halides is 3. The molecule has 1 unspecified atom stereocenters. The van der Waals surface area contributed by atoms with Crippen LogP contribution in [0.1, 0.15) is 61.0 Å². The van der Waals surface area contributed by atoms with Gasteiger partial charge in [0, 0.05) is 44.6 Å². The molecule has 2 aromatic rings. The fourth-order valence-electron chi connectivity index (χ4n) is 5.83. The van der Waals surface area contributed by atoms with Crippen molar-refractivity contribution in [3.63, 3.8) is 0 Å². The van der Waals surface area contributed by atoms with Crippen LogP contribution >= 0.6 is 11.6 Å². The van der Waals surface area contributed by atoms with Gasteiger partial charge in [0.1, 0.15) is 11.4 Å². The van der Waals surface area contributed by atoms with Crippen LogP contribution in [0.3, 0.4) is 0 Å². The van der Waals surface area contributed by atoms with Crippen LogP contribution in [0.25, 0.3) is 0 Å². The summed E-state index contributed by atoms with van der Waals surface area (Å²) < 4.78 is 51.7. The van der Waals surface area contributed by atoms with E-state index in [4.69, 9.17) is 26.8 Å². The van der Waals surface area contributed by atoms with E-state index in [-0.39, 0.29) is 36.1 Å². The molecule has 40 heavy (non-hydrogen) atoms. The van der Waals surface area contributed by atoms with Crippen molar-refractivity contribution in [1.82, 2.24) is 19.8 Å². The van der Waals surface area contributed by atoms with Crippen molar-refractivity contribution < 1.29 is 27.4 Å². The molecule has 1 amide bonds. The minimum absolute atomic E-state index is 0.00729. The van der Waals surface area contributed by atoms with Gasteiger partial charge < -0.3 is 30.3 Å². The number of carbonyl (C=O) groups excluding carboxylic acids is 1. The highest BCUT2D eigenvalue weighted by molar-refractivity contribution is 6.28. The Labute approximate surface area is 236 Å². The molecule has 3 aliphatic rings.